The number of ether oxygens (including phenoxy) is 1. The Morgan fingerprint density at radius 1 is 1.00 bits per heavy atom. The first-order valence-electron chi connectivity index (χ1n) is 8.98. The molecular formula is C22H18NO5-. The molecule has 0 aliphatic heterocycles. The van der Waals surface area contributed by atoms with Crippen LogP contribution < -0.4 is 10.4 Å². The topological polar surface area (TPSA) is 91.6 Å². The molecule has 1 aromatic heterocycles. The van der Waals surface area contributed by atoms with Crippen LogP contribution in [0.25, 0.3) is 11.1 Å². The molecule has 6 heteroatoms. The molecule has 4 rings (SSSR count). The van der Waals surface area contributed by atoms with Gasteiger partial charge in [-0.2, -0.15) is 0 Å². The maximum atomic E-state index is 12.2. The lowest BCUT2D eigenvalue weighted by Crippen LogP contribution is -2.49. The van der Waals surface area contributed by atoms with E-state index in [2.05, 4.69) is 5.32 Å². The molecule has 1 amide bonds. The number of carbonyl (C=O) groups is 2. The van der Waals surface area contributed by atoms with Gasteiger partial charge in [0, 0.05) is 12.3 Å². The average Bonchev–Trinajstić information content (AvgIpc) is 3.32. The Labute approximate surface area is 161 Å². The smallest absolute Gasteiger partial charge is 0.407 e. The van der Waals surface area contributed by atoms with E-state index in [0.29, 0.717) is 5.76 Å². The van der Waals surface area contributed by atoms with E-state index in [9.17, 15) is 14.7 Å². The van der Waals surface area contributed by atoms with E-state index in [1.807, 2.05) is 48.5 Å². The van der Waals surface area contributed by atoms with Gasteiger partial charge in [0.1, 0.15) is 12.4 Å². The fraction of sp³-hybridized carbons (Fsp3) is 0.182. The normalized spacial score (nSPS) is 13.4. The first-order chi connectivity index (χ1) is 13.6. The van der Waals surface area contributed by atoms with Crippen LogP contribution in [0.1, 0.15) is 22.8 Å². The van der Waals surface area contributed by atoms with Gasteiger partial charge in [0.15, 0.2) is 0 Å². The summed E-state index contributed by atoms with van der Waals surface area (Å²) in [5, 5.41) is 13.7. The number of carbonyl (C=O) groups excluding carboxylic acids is 2. The minimum absolute atomic E-state index is 0.0144. The first kappa shape index (κ1) is 17.9. The molecule has 6 nitrogen and oxygen atoms in total. The highest BCUT2D eigenvalue weighted by Gasteiger charge is 2.29. The summed E-state index contributed by atoms with van der Waals surface area (Å²) in [6.45, 7) is 0.111. The molecule has 3 aromatic rings. The number of benzene rings is 2. The van der Waals surface area contributed by atoms with Gasteiger partial charge in [-0.15, -0.1) is 0 Å². The zero-order valence-electron chi connectivity index (χ0n) is 15.0. The second-order valence-electron chi connectivity index (χ2n) is 6.62. The number of hydrogen-bond donors (Lipinski definition) is 1. The molecule has 142 valence electrons. The van der Waals surface area contributed by atoms with Gasteiger partial charge >= 0.3 is 6.09 Å². The van der Waals surface area contributed by atoms with Crippen LogP contribution in [0.3, 0.4) is 0 Å². The molecule has 0 spiro atoms. The van der Waals surface area contributed by atoms with Crippen molar-refractivity contribution in [3.05, 3.63) is 83.8 Å². The fourth-order valence-electron chi connectivity index (χ4n) is 3.61. The average molecular weight is 376 g/mol. The van der Waals surface area contributed by atoms with Crippen molar-refractivity contribution >= 4 is 12.1 Å². The summed E-state index contributed by atoms with van der Waals surface area (Å²) < 4.78 is 10.5. The third-order valence-corrected chi connectivity index (χ3v) is 4.91. The van der Waals surface area contributed by atoms with Crippen LogP contribution in [-0.4, -0.2) is 24.7 Å². The van der Waals surface area contributed by atoms with Gasteiger partial charge in [0.25, 0.3) is 0 Å². The zero-order valence-corrected chi connectivity index (χ0v) is 15.0. The SMILES string of the molecule is O=C(N[C@H](Cc1ccco1)C(=O)[O-])OCC1c2ccccc2-c2ccccc21. The maximum absolute atomic E-state index is 12.2. The van der Waals surface area contributed by atoms with Gasteiger partial charge in [0.05, 0.1) is 18.3 Å². The summed E-state index contributed by atoms with van der Waals surface area (Å²) in [6, 6.07) is 18.0. The number of furan rings is 1. The van der Waals surface area contributed by atoms with Gasteiger partial charge in [0.2, 0.25) is 0 Å². The Bertz CT molecular complexity index is 950. The van der Waals surface area contributed by atoms with Gasteiger partial charge < -0.3 is 24.4 Å². The molecule has 1 heterocycles. The van der Waals surface area contributed by atoms with E-state index in [1.54, 1.807) is 12.1 Å². The van der Waals surface area contributed by atoms with Crippen molar-refractivity contribution < 1.29 is 23.8 Å². The Morgan fingerprint density at radius 2 is 1.64 bits per heavy atom. The zero-order chi connectivity index (χ0) is 19.5. The molecule has 0 saturated heterocycles. The number of nitrogens with one attached hydrogen (secondary N) is 1. The van der Waals surface area contributed by atoms with E-state index >= 15 is 0 Å². The summed E-state index contributed by atoms with van der Waals surface area (Å²) in [7, 11) is 0. The number of fused-ring (bicyclic) bond motifs is 3. The number of hydrogen-bond acceptors (Lipinski definition) is 5. The van der Waals surface area contributed by atoms with E-state index in [1.165, 1.54) is 6.26 Å². The summed E-state index contributed by atoms with van der Waals surface area (Å²) in [5.41, 5.74) is 4.42. The number of alkyl carbamates (subject to hydrolysis) is 1. The van der Waals surface area contributed by atoms with Crippen LogP contribution in [0.4, 0.5) is 4.79 Å². The van der Waals surface area contributed by atoms with Crippen molar-refractivity contribution in [2.24, 2.45) is 0 Å². The van der Waals surface area contributed by atoms with Crippen molar-refractivity contribution in [3.8, 4) is 11.1 Å². The Morgan fingerprint density at radius 3 is 2.21 bits per heavy atom. The van der Waals surface area contributed by atoms with Crippen LogP contribution in [-0.2, 0) is 16.0 Å². The molecule has 0 saturated carbocycles. The van der Waals surface area contributed by atoms with E-state index < -0.39 is 18.1 Å². The first-order valence-corrected chi connectivity index (χ1v) is 8.98. The van der Waals surface area contributed by atoms with Gasteiger partial charge in [-0.3, -0.25) is 0 Å². The van der Waals surface area contributed by atoms with Crippen molar-refractivity contribution in [3.63, 3.8) is 0 Å². The van der Waals surface area contributed by atoms with Crippen LogP contribution in [0, 0.1) is 0 Å². The lowest BCUT2D eigenvalue weighted by atomic mass is 9.98. The summed E-state index contributed by atoms with van der Waals surface area (Å²) in [5.74, 6) is -1.05. The summed E-state index contributed by atoms with van der Waals surface area (Å²) in [6.07, 6.45) is 0.622. The van der Waals surface area contributed by atoms with Crippen LogP contribution >= 0.6 is 0 Å². The molecule has 2 aromatic carbocycles. The molecule has 0 bridgehead atoms. The predicted octanol–water partition coefficient (Wildman–Crippen LogP) is 2.48. The number of carboxylic acids is 1. The largest absolute Gasteiger partial charge is 0.548 e. The monoisotopic (exact) mass is 376 g/mol. The third kappa shape index (κ3) is 3.49. The van der Waals surface area contributed by atoms with Crippen molar-refractivity contribution in [1.82, 2.24) is 5.32 Å². The lowest BCUT2D eigenvalue weighted by Gasteiger charge is -2.20. The van der Waals surface area contributed by atoms with Gasteiger partial charge in [-0.25, -0.2) is 4.79 Å². The molecule has 1 aliphatic carbocycles. The van der Waals surface area contributed by atoms with Crippen molar-refractivity contribution in [1.29, 1.82) is 0 Å². The quantitative estimate of drug-likeness (QED) is 0.714. The second-order valence-corrected chi connectivity index (χ2v) is 6.62. The molecule has 1 N–H and O–H groups in total. The number of aliphatic carboxylic acids is 1. The Balaban J connectivity index is 1.44. The highest BCUT2D eigenvalue weighted by atomic mass is 16.5. The Kier molecular flexibility index (Phi) is 4.85. The highest BCUT2D eigenvalue weighted by Crippen LogP contribution is 2.44. The van der Waals surface area contributed by atoms with E-state index in [-0.39, 0.29) is 18.9 Å². The summed E-state index contributed by atoms with van der Waals surface area (Å²) in [4.78, 5) is 23.5. The predicted molar refractivity (Wildman–Crippen MR) is 99.4 cm³/mol. The third-order valence-electron chi connectivity index (χ3n) is 4.91. The lowest BCUT2D eigenvalue weighted by molar-refractivity contribution is -0.308. The van der Waals surface area contributed by atoms with Crippen molar-refractivity contribution in [2.45, 2.75) is 18.4 Å². The van der Waals surface area contributed by atoms with Crippen LogP contribution in [0.15, 0.2) is 71.3 Å². The fourth-order valence-corrected chi connectivity index (χ4v) is 3.61. The molecule has 0 unspecified atom stereocenters. The molecular weight excluding hydrogens is 358 g/mol. The van der Waals surface area contributed by atoms with Crippen molar-refractivity contribution in [2.75, 3.05) is 6.61 Å². The van der Waals surface area contributed by atoms with Crippen LogP contribution in [0.5, 0.6) is 0 Å². The molecule has 1 aliphatic rings. The minimum Gasteiger partial charge on any atom is -0.548 e. The number of carboxylic acid groups (broad SMARTS) is 1. The molecule has 1 atom stereocenters. The molecule has 28 heavy (non-hydrogen) atoms. The number of rotatable bonds is 6. The van der Waals surface area contributed by atoms with E-state index in [0.717, 1.165) is 22.3 Å². The Hall–Kier alpha value is -3.54. The van der Waals surface area contributed by atoms with Crippen LogP contribution in [0.2, 0.25) is 0 Å². The second kappa shape index (κ2) is 7.60. The van der Waals surface area contributed by atoms with Gasteiger partial charge in [-0.1, -0.05) is 48.5 Å². The summed E-state index contributed by atoms with van der Waals surface area (Å²) >= 11 is 0. The molecule has 0 radical (unpaired) electrons. The standard InChI is InChI=1S/C22H19NO5/c24-21(25)20(12-14-6-5-11-27-14)23-22(26)28-13-19-17-9-3-1-7-15(17)16-8-2-4-10-18(16)19/h1-11,19-20H,12-13H2,(H,23,26)(H,24,25)/p-1/t20-/m1/s1. The van der Waals surface area contributed by atoms with Gasteiger partial charge in [-0.05, 0) is 34.4 Å². The highest BCUT2D eigenvalue weighted by molar-refractivity contribution is 5.80. The maximum Gasteiger partial charge on any atom is 0.407 e. The molecule has 0 fully saturated rings. The van der Waals surface area contributed by atoms with E-state index in [4.69, 9.17) is 9.15 Å². The minimum atomic E-state index is -1.40. The number of amides is 1.